The number of hydrogen-bond donors (Lipinski definition) is 0. The van der Waals surface area contributed by atoms with Gasteiger partial charge in [-0.2, -0.15) is 0 Å². The fourth-order valence-corrected chi connectivity index (χ4v) is 2.29. The first kappa shape index (κ1) is 14.6. The van der Waals surface area contributed by atoms with E-state index in [0.717, 1.165) is 12.8 Å². The van der Waals surface area contributed by atoms with Crippen LogP contribution in [0.3, 0.4) is 0 Å². The van der Waals surface area contributed by atoms with Crippen LogP contribution in [-0.4, -0.2) is 18.5 Å². The number of benzene rings is 1. The zero-order valence-electron chi connectivity index (χ0n) is 11.8. The number of carbonyl (C=O) groups is 2. The highest BCUT2D eigenvalue weighted by Crippen LogP contribution is 2.29. The third kappa shape index (κ3) is 3.38. The summed E-state index contributed by atoms with van der Waals surface area (Å²) in [4.78, 5) is 23.0. The Balaban J connectivity index is 1.83. The van der Waals surface area contributed by atoms with Gasteiger partial charge in [-0.3, -0.25) is 0 Å². The number of hydrogen-bond acceptors (Lipinski definition) is 4. The lowest BCUT2D eigenvalue weighted by Crippen LogP contribution is -2.03. The Hall–Kier alpha value is -1.84. The molecule has 0 atom stereocenters. The van der Waals surface area contributed by atoms with E-state index < -0.39 is 11.9 Å². The van der Waals surface area contributed by atoms with E-state index in [2.05, 4.69) is 11.7 Å². The molecule has 20 heavy (non-hydrogen) atoms. The first-order chi connectivity index (χ1) is 9.74. The third-order valence-electron chi connectivity index (χ3n) is 3.39. The molecule has 0 unspecified atom stereocenters. The maximum atomic E-state index is 11.6. The second-order valence-electron chi connectivity index (χ2n) is 4.97. The van der Waals surface area contributed by atoms with E-state index in [1.54, 1.807) is 18.2 Å². The predicted octanol–water partition coefficient (Wildman–Crippen LogP) is 3.74. The molecule has 4 nitrogen and oxygen atoms in total. The number of unbranched alkanes of at least 4 members (excludes halogenated alkanes) is 5. The Morgan fingerprint density at radius 1 is 1.00 bits per heavy atom. The molecule has 0 saturated carbocycles. The molecule has 0 spiro atoms. The molecular weight excluding hydrogens is 256 g/mol. The number of carbonyl (C=O) groups excluding carboxylic acids is 2. The second-order valence-corrected chi connectivity index (χ2v) is 4.97. The van der Waals surface area contributed by atoms with Crippen LogP contribution in [0.15, 0.2) is 18.2 Å². The van der Waals surface area contributed by atoms with Crippen molar-refractivity contribution in [2.45, 2.75) is 45.4 Å². The van der Waals surface area contributed by atoms with Gasteiger partial charge in [0, 0.05) is 0 Å². The van der Waals surface area contributed by atoms with Gasteiger partial charge in [0.2, 0.25) is 0 Å². The van der Waals surface area contributed by atoms with Crippen LogP contribution >= 0.6 is 0 Å². The molecule has 1 aliphatic rings. The van der Waals surface area contributed by atoms with Crippen molar-refractivity contribution in [2.24, 2.45) is 0 Å². The largest absolute Gasteiger partial charge is 0.493 e. The molecule has 0 aliphatic carbocycles. The van der Waals surface area contributed by atoms with Crippen LogP contribution in [0.4, 0.5) is 0 Å². The molecule has 0 bridgehead atoms. The van der Waals surface area contributed by atoms with Crippen LogP contribution in [-0.2, 0) is 4.74 Å². The number of esters is 2. The number of ether oxygens (including phenoxy) is 2. The molecule has 0 N–H and O–H groups in total. The molecule has 108 valence electrons. The van der Waals surface area contributed by atoms with Crippen LogP contribution in [0.2, 0.25) is 0 Å². The maximum Gasteiger partial charge on any atom is 0.350 e. The Labute approximate surface area is 119 Å². The average molecular weight is 276 g/mol. The molecule has 0 radical (unpaired) electrons. The van der Waals surface area contributed by atoms with Gasteiger partial charge in [0.1, 0.15) is 11.3 Å². The first-order valence-corrected chi connectivity index (χ1v) is 7.26. The van der Waals surface area contributed by atoms with Gasteiger partial charge in [-0.1, -0.05) is 45.1 Å². The monoisotopic (exact) mass is 276 g/mol. The predicted molar refractivity (Wildman–Crippen MR) is 75.1 cm³/mol. The van der Waals surface area contributed by atoms with Crippen molar-refractivity contribution in [3.8, 4) is 5.75 Å². The van der Waals surface area contributed by atoms with Crippen LogP contribution < -0.4 is 4.74 Å². The number of rotatable bonds is 8. The summed E-state index contributed by atoms with van der Waals surface area (Å²) >= 11 is 0. The van der Waals surface area contributed by atoms with E-state index in [1.807, 2.05) is 0 Å². The molecule has 0 amide bonds. The van der Waals surface area contributed by atoms with Crippen LogP contribution in [0.25, 0.3) is 0 Å². The van der Waals surface area contributed by atoms with Crippen molar-refractivity contribution in [1.29, 1.82) is 0 Å². The van der Waals surface area contributed by atoms with E-state index in [9.17, 15) is 9.59 Å². The minimum Gasteiger partial charge on any atom is -0.493 e. The Kier molecular flexibility index (Phi) is 5.16. The van der Waals surface area contributed by atoms with Gasteiger partial charge >= 0.3 is 11.9 Å². The van der Waals surface area contributed by atoms with Gasteiger partial charge in [-0.25, -0.2) is 9.59 Å². The highest BCUT2D eigenvalue weighted by atomic mass is 16.6. The minimum absolute atomic E-state index is 0.267. The molecule has 1 aromatic carbocycles. The summed E-state index contributed by atoms with van der Waals surface area (Å²) in [6.45, 7) is 2.75. The third-order valence-corrected chi connectivity index (χ3v) is 3.39. The van der Waals surface area contributed by atoms with E-state index in [1.165, 1.54) is 25.7 Å². The van der Waals surface area contributed by atoms with Gasteiger partial charge in [0.15, 0.2) is 0 Å². The van der Waals surface area contributed by atoms with Gasteiger partial charge in [-0.05, 0) is 18.6 Å². The van der Waals surface area contributed by atoms with E-state index in [-0.39, 0.29) is 5.56 Å². The van der Waals surface area contributed by atoms with Crippen LogP contribution in [0.5, 0.6) is 5.75 Å². The van der Waals surface area contributed by atoms with E-state index >= 15 is 0 Å². The molecule has 1 aromatic rings. The van der Waals surface area contributed by atoms with Crippen molar-refractivity contribution in [1.82, 2.24) is 0 Å². The lowest BCUT2D eigenvalue weighted by molar-refractivity contribution is 0.0442. The van der Waals surface area contributed by atoms with Crippen molar-refractivity contribution in [2.75, 3.05) is 6.61 Å². The lowest BCUT2D eigenvalue weighted by atomic mass is 10.1. The summed E-state index contributed by atoms with van der Waals surface area (Å²) in [5, 5.41) is 0. The summed E-state index contributed by atoms with van der Waals surface area (Å²) < 4.78 is 10.2. The van der Waals surface area contributed by atoms with Gasteiger partial charge in [-0.15, -0.1) is 0 Å². The first-order valence-electron chi connectivity index (χ1n) is 7.26. The van der Waals surface area contributed by atoms with Gasteiger partial charge < -0.3 is 9.47 Å². The van der Waals surface area contributed by atoms with E-state index in [4.69, 9.17) is 4.74 Å². The SMILES string of the molecule is CCCCCCCCOc1cccc2c1C(=O)OC2=O. The quantitative estimate of drug-likeness (QED) is 0.412. The van der Waals surface area contributed by atoms with Crippen molar-refractivity contribution in [3.63, 3.8) is 0 Å². The molecule has 0 fully saturated rings. The maximum absolute atomic E-state index is 11.6. The Morgan fingerprint density at radius 3 is 2.55 bits per heavy atom. The molecule has 0 aromatic heterocycles. The van der Waals surface area contributed by atoms with Crippen LogP contribution in [0.1, 0.15) is 66.2 Å². The van der Waals surface area contributed by atoms with Crippen molar-refractivity contribution in [3.05, 3.63) is 29.3 Å². The Bertz CT molecular complexity index is 493. The number of cyclic esters (lactones) is 2. The van der Waals surface area contributed by atoms with Crippen molar-refractivity contribution >= 4 is 11.9 Å². The summed E-state index contributed by atoms with van der Waals surface area (Å²) in [5.41, 5.74) is 0.568. The molecular formula is C16H20O4. The highest BCUT2D eigenvalue weighted by Gasteiger charge is 2.32. The normalized spacial score (nSPS) is 13.2. The van der Waals surface area contributed by atoms with Gasteiger partial charge in [0.05, 0.1) is 12.2 Å². The molecule has 1 heterocycles. The zero-order chi connectivity index (χ0) is 14.4. The summed E-state index contributed by atoms with van der Waals surface area (Å²) in [7, 11) is 0. The fourth-order valence-electron chi connectivity index (χ4n) is 2.29. The molecule has 2 rings (SSSR count). The summed E-state index contributed by atoms with van der Waals surface area (Å²) in [6, 6.07) is 4.99. The standard InChI is InChI=1S/C16H20O4/c1-2-3-4-5-6-7-11-19-13-10-8-9-12-14(13)16(18)20-15(12)17/h8-10H,2-7,11H2,1H3. The molecule has 1 aliphatic heterocycles. The lowest BCUT2D eigenvalue weighted by Gasteiger charge is -2.08. The minimum atomic E-state index is -0.608. The average Bonchev–Trinajstić information content (AvgIpc) is 2.74. The zero-order valence-corrected chi connectivity index (χ0v) is 11.8. The van der Waals surface area contributed by atoms with Crippen LogP contribution in [0, 0.1) is 0 Å². The smallest absolute Gasteiger partial charge is 0.350 e. The topological polar surface area (TPSA) is 52.6 Å². The molecule has 4 heteroatoms. The summed E-state index contributed by atoms with van der Waals surface area (Å²) in [5.74, 6) is -0.745. The van der Waals surface area contributed by atoms with Crippen molar-refractivity contribution < 1.29 is 19.1 Å². The molecule has 0 saturated heterocycles. The number of fused-ring (bicyclic) bond motifs is 1. The van der Waals surface area contributed by atoms with Gasteiger partial charge in [0.25, 0.3) is 0 Å². The second kappa shape index (κ2) is 7.08. The summed E-state index contributed by atoms with van der Waals surface area (Å²) in [6.07, 6.45) is 7.07. The fraction of sp³-hybridized carbons (Fsp3) is 0.500. The Morgan fingerprint density at radius 2 is 1.75 bits per heavy atom. The highest BCUT2D eigenvalue weighted by molar-refractivity contribution is 6.16. The van der Waals surface area contributed by atoms with E-state index in [0.29, 0.717) is 17.9 Å².